The predicted octanol–water partition coefficient (Wildman–Crippen LogP) is 4.08. The second-order valence-electron chi connectivity index (χ2n) is 6.05. The van der Waals surface area contributed by atoms with Gasteiger partial charge < -0.3 is 4.74 Å². The van der Waals surface area contributed by atoms with Crippen molar-refractivity contribution in [1.82, 2.24) is 4.90 Å². The van der Waals surface area contributed by atoms with Crippen LogP contribution in [0.4, 0.5) is 0 Å². The van der Waals surface area contributed by atoms with Gasteiger partial charge in [-0.1, -0.05) is 54.1 Å². The lowest BCUT2D eigenvalue weighted by Gasteiger charge is -2.15. The Hall–Kier alpha value is -2.06. The number of nitrogens with zero attached hydrogens (tertiary/aromatic N) is 1. The third-order valence-electron chi connectivity index (χ3n) is 4.01. The maximum atomic E-state index is 5.56. The van der Waals surface area contributed by atoms with E-state index < -0.39 is 0 Å². The first kappa shape index (κ1) is 14.9. The zero-order chi connectivity index (χ0) is 15.4. The Morgan fingerprint density at radius 2 is 1.95 bits per heavy atom. The summed E-state index contributed by atoms with van der Waals surface area (Å²) < 4.78 is 5.56. The number of hydrogen-bond acceptors (Lipinski definition) is 2. The zero-order valence-electron chi connectivity index (χ0n) is 13.4. The number of hydrogen-bond donors (Lipinski definition) is 0. The molecule has 1 heterocycles. The highest BCUT2D eigenvalue weighted by Gasteiger charge is 2.12. The van der Waals surface area contributed by atoms with E-state index in [2.05, 4.69) is 73.5 Å². The number of fused-ring (bicyclic) bond motifs is 1. The van der Waals surface area contributed by atoms with Crippen molar-refractivity contribution < 1.29 is 4.74 Å². The van der Waals surface area contributed by atoms with Crippen LogP contribution in [0.2, 0.25) is 0 Å². The van der Waals surface area contributed by atoms with E-state index in [-0.39, 0.29) is 0 Å². The Morgan fingerprint density at radius 3 is 2.77 bits per heavy atom. The normalized spacial score (nSPS) is 13.6. The fourth-order valence-corrected chi connectivity index (χ4v) is 2.76. The monoisotopic (exact) mass is 293 g/mol. The molecule has 0 saturated heterocycles. The van der Waals surface area contributed by atoms with Crippen LogP contribution in [-0.4, -0.2) is 25.1 Å². The van der Waals surface area contributed by atoms with Gasteiger partial charge in [-0.05, 0) is 36.7 Å². The molecule has 0 atom stereocenters. The zero-order valence-corrected chi connectivity index (χ0v) is 13.4. The highest BCUT2D eigenvalue weighted by Crippen LogP contribution is 2.26. The molecular formula is C20H23NO. The summed E-state index contributed by atoms with van der Waals surface area (Å²) in [6, 6.07) is 15.2. The van der Waals surface area contributed by atoms with Crippen LogP contribution >= 0.6 is 0 Å². The first-order chi connectivity index (χ1) is 10.7. The van der Waals surface area contributed by atoms with Crippen LogP contribution in [0.25, 0.3) is 6.08 Å². The van der Waals surface area contributed by atoms with Gasteiger partial charge in [0.2, 0.25) is 0 Å². The molecule has 22 heavy (non-hydrogen) atoms. The van der Waals surface area contributed by atoms with Crippen LogP contribution in [0.3, 0.4) is 0 Å². The number of benzene rings is 2. The number of aryl methyl sites for hydroxylation is 1. The van der Waals surface area contributed by atoms with Gasteiger partial charge in [-0.2, -0.15) is 0 Å². The molecule has 0 radical (unpaired) electrons. The molecule has 0 spiro atoms. The van der Waals surface area contributed by atoms with E-state index in [1.165, 1.54) is 22.3 Å². The van der Waals surface area contributed by atoms with Crippen LogP contribution in [0, 0.1) is 6.92 Å². The molecule has 0 bridgehead atoms. The van der Waals surface area contributed by atoms with Crippen molar-refractivity contribution in [3.8, 4) is 5.75 Å². The van der Waals surface area contributed by atoms with Crippen molar-refractivity contribution in [2.75, 3.05) is 20.2 Å². The summed E-state index contributed by atoms with van der Waals surface area (Å²) in [5.41, 5.74) is 5.26. The largest absolute Gasteiger partial charge is 0.493 e. The van der Waals surface area contributed by atoms with Gasteiger partial charge in [-0.25, -0.2) is 0 Å². The molecule has 0 saturated carbocycles. The molecule has 0 N–H and O–H groups in total. The van der Waals surface area contributed by atoms with Gasteiger partial charge in [0.25, 0.3) is 0 Å². The van der Waals surface area contributed by atoms with Crippen molar-refractivity contribution in [2.24, 2.45) is 0 Å². The third kappa shape index (κ3) is 3.77. The molecule has 2 heteroatoms. The van der Waals surface area contributed by atoms with Crippen molar-refractivity contribution >= 4 is 6.08 Å². The van der Waals surface area contributed by atoms with Gasteiger partial charge in [-0.3, -0.25) is 4.90 Å². The van der Waals surface area contributed by atoms with E-state index in [1.54, 1.807) is 0 Å². The van der Waals surface area contributed by atoms with Crippen molar-refractivity contribution in [3.63, 3.8) is 0 Å². The molecule has 2 aromatic carbocycles. The minimum absolute atomic E-state index is 0.827. The van der Waals surface area contributed by atoms with Crippen LogP contribution in [0.15, 0.2) is 48.5 Å². The molecule has 0 aliphatic carbocycles. The molecule has 0 aromatic heterocycles. The Kier molecular flexibility index (Phi) is 4.59. The Morgan fingerprint density at radius 1 is 1.14 bits per heavy atom. The highest BCUT2D eigenvalue weighted by molar-refractivity contribution is 5.49. The summed E-state index contributed by atoms with van der Waals surface area (Å²) in [5.74, 6) is 1.06. The molecule has 3 rings (SSSR count). The Labute approximate surface area is 133 Å². The summed E-state index contributed by atoms with van der Waals surface area (Å²) in [6.45, 7) is 4.85. The predicted molar refractivity (Wildman–Crippen MR) is 92.2 cm³/mol. The minimum atomic E-state index is 0.827. The van der Waals surface area contributed by atoms with Gasteiger partial charge in [0.15, 0.2) is 0 Å². The first-order valence-electron chi connectivity index (χ1n) is 7.87. The second kappa shape index (κ2) is 6.80. The van der Waals surface area contributed by atoms with Crippen molar-refractivity contribution in [3.05, 3.63) is 70.8 Å². The summed E-state index contributed by atoms with van der Waals surface area (Å²) in [4.78, 5) is 2.32. The average Bonchev–Trinajstić information content (AvgIpc) is 2.97. The number of ether oxygens (including phenoxy) is 1. The fraction of sp³-hybridized carbons (Fsp3) is 0.300. The molecule has 1 aliphatic rings. The van der Waals surface area contributed by atoms with Crippen LogP contribution < -0.4 is 4.74 Å². The minimum Gasteiger partial charge on any atom is -0.493 e. The lowest BCUT2D eigenvalue weighted by atomic mass is 10.1. The van der Waals surface area contributed by atoms with Gasteiger partial charge >= 0.3 is 0 Å². The second-order valence-corrected chi connectivity index (χ2v) is 6.05. The summed E-state index contributed by atoms with van der Waals surface area (Å²) in [5, 5.41) is 0. The topological polar surface area (TPSA) is 12.5 Å². The van der Waals surface area contributed by atoms with E-state index in [4.69, 9.17) is 4.74 Å². The van der Waals surface area contributed by atoms with Gasteiger partial charge in [0.05, 0.1) is 6.61 Å². The van der Waals surface area contributed by atoms with Gasteiger partial charge in [-0.15, -0.1) is 0 Å². The summed E-state index contributed by atoms with van der Waals surface area (Å²) in [7, 11) is 2.16. The highest BCUT2D eigenvalue weighted by atomic mass is 16.5. The van der Waals surface area contributed by atoms with Crippen LogP contribution in [-0.2, 0) is 13.0 Å². The Balaban J connectivity index is 1.54. The number of likely N-dealkylation sites (N-methyl/N-ethyl adjacent to an activating group) is 1. The molecule has 114 valence electrons. The van der Waals surface area contributed by atoms with Gasteiger partial charge in [0, 0.05) is 19.5 Å². The van der Waals surface area contributed by atoms with E-state index in [9.17, 15) is 0 Å². The first-order valence-corrected chi connectivity index (χ1v) is 7.87. The summed E-state index contributed by atoms with van der Waals surface area (Å²) in [6.07, 6.45) is 5.45. The summed E-state index contributed by atoms with van der Waals surface area (Å²) >= 11 is 0. The fourth-order valence-electron chi connectivity index (χ4n) is 2.76. The van der Waals surface area contributed by atoms with Crippen LogP contribution in [0.1, 0.15) is 22.3 Å². The SMILES string of the molecule is Cc1ccc(C=CCN(C)Cc2ccc3c(c2)CCO3)cc1. The van der Waals surface area contributed by atoms with Crippen LogP contribution in [0.5, 0.6) is 5.75 Å². The molecular weight excluding hydrogens is 270 g/mol. The molecule has 2 nitrogen and oxygen atoms in total. The van der Waals surface area contributed by atoms with Gasteiger partial charge in [0.1, 0.15) is 5.75 Å². The Bertz CT molecular complexity index is 658. The molecule has 1 aliphatic heterocycles. The van der Waals surface area contributed by atoms with E-state index in [1.807, 2.05) is 0 Å². The van der Waals surface area contributed by atoms with Crippen molar-refractivity contribution in [2.45, 2.75) is 19.9 Å². The standard InChI is InChI=1S/C20H23NO/c1-16-5-7-17(8-6-16)4-3-12-21(2)15-18-9-10-20-19(14-18)11-13-22-20/h3-10,14H,11-13,15H2,1-2H3. The number of rotatable bonds is 5. The molecule has 0 unspecified atom stereocenters. The maximum absolute atomic E-state index is 5.56. The molecule has 2 aromatic rings. The van der Waals surface area contributed by atoms with E-state index in [0.29, 0.717) is 0 Å². The van der Waals surface area contributed by atoms with E-state index >= 15 is 0 Å². The van der Waals surface area contributed by atoms with Crippen molar-refractivity contribution in [1.29, 1.82) is 0 Å². The smallest absolute Gasteiger partial charge is 0.122 e. The lowest BCUT2D eigenvalue weighted by molar-refractivity contribution is 0.356. The van der Waals surface area contributed by atoms with E-state index in [0.717, 1.165) is 31.9 Å². The molecule has 0 fully saturated rings. The lowest BCUT2D eigenvalue weighted by Crippen LogP contribution is -2.17. The average molecular weight is 293 g/mol. The third-order valence-corrected chi connectivity index (χ3v) is 4.01. The maximum Gasteiger partial charge on any atom is 0.122 e. The molecule has 0 amide bonds. The quantitative estimate of drug-likeness (QED) is 0.824.